The number of anilines is 1. The Bertz CT molecular complexity index is 457. The molecular formula is C14H24N4O. The fraction of sp³-hybridized carbons (Fsp3) is 0.571. The van der Waals surface area contributed by atoms with Gasteiger partial charge in [-0.3, -0.25) is 4.79 Å². The molecule has 1 amide bonds. The van der Waals surface area contributed by atoms with Crippen molar-refractivity contribution in [2.24, 2.45) is 5.73 Å². The fourth-order valence-electron chi connectivity index (χ4n) is 2.00. The number of amides is 1. The second kappa shape index (κ2) is 6.52. The number of nitrogens with two attached hydrogens (primary N) is 1. The Balaban J connectivity index is 3.14. The van der Waals surface area contributed by atoms with Gasteiger partial charge < -0.3 is 15.5 Å². The van der Waals surface area contributed by atoms with Crippen LogP contribution in [0, 0.1) is 13.8 Å². The summed E-state index contributed by atoms with van der Waals surface area (Å²) in [6.45, 7) is 7.49. The Morgan fingerprint density at radius 1 is 1.37 bits per heavy atom. The van der Waals surface area contributed by atoms with E-state index in [0.717, 1.165) is 29.2 Å². The van der Waals surface area contributed by atoms with E-state index in [-0.39, 0.29) is 5.91 Å². The number of carbonyl (C=O) groups excluding carboxylic acids is 1. The number of rotatable bonds is 5. The zero-order chi connectivity index (χ0) is 14.6. The van der Waals surface area contributed by atoms with E-state index in [2.05, 4.69) is 4.98 Å². The molecule has 5 nitrogen and oxygen atoms in total. The highest BCUT2D eigenvalue weighted by atomic mass is 16.2. The van der Waals surface area contributed by atoms with E-state index in [1.165, 1.54) is 0 Å². The van der Waals surface area contributed by atoms with Gasteiger partial charge in [0.25, 0.3) is 0 Å². The first-order valence-corrected chi connectivity index (χ1v) is 6.53. The van der Waals surface area contributed by atoms with Gasteiger partial charge in [0, 0.05) is 38.4 Å². The molecule has 0 saturated carbocycles. The average Bonchev–Trinajstić information content (AvgIpc) is 2.34. The van der Waals surface area contributed by atoms with Crippen molar-refractivity contribution in [2.75, 3.05) is 32.1 Å². The zero-order valence-corrected chi connectivity index (χ0v) is 12.5. The smallest absolute Gasteiger partial charge is 0.241 e. The minimum atomic E-state index is 0.0609. The topological polar surface area (TPSA) is 62.5 Å². The molecule has 1 rings (SSSR count). The third kappa shape index (κ3) is 3.67. The summed E-state index contributed by atoms with van der Waals surface area (Å²) in [5, 5.41) is 0. The zero-order valence-electron chi connectivity index (χ0n) is 12.5. The molecule has 2 N–H and O–H groups in total. The molecule has 0 aliphatic carbocycles. The highest BCUT2D eigenvalue weighted by Crippen LogP contribution is 2.22. The molecule has 0 spiro atoms. The number of pyridine rings is 1. The molecule has 1 heterocycles. The lowest BCUT2D eigenvalue weighted by atomic mass is 10.1. The monoisotopic (exact) mass is 264 g/mol. The summed E-state index contributed by atoms with van der Waals surface area (Å²) in [5.74, 6) is 0.892. The number of aryl methyl sites for hydroxylation is 2. The van der Waals surface area contributed by atoms with Gasteiger partial charge >= 0.3 is 0 Å². The first kappa shape index (κ1) is 15.4. The number of likely N-dealkylation sites (N-methyl/N-ethyl adjacent to an activating group) is 2. The predicted molar refractivity (Wildman–Crippen MR) is 78.2 cm³/mol. The first-order valence-electron chi connectivity index (χ1n) is 6.53. The Labute approximate surface area is 115 Å². The SMILES string of the molecule is CCN(CC(=O)N(C)C)c1nc(C)cc(C)c1CN. The molecule has 0 fully saturated rings. The number of carbonyl (C=O) groups is 1. The Morgan fingerprint density at radius 3 is 2.47 bits per heavy atom. The summed E-state index contributed by atoms with van der Waals surface area (Å²) in [6.07, 6.45) is 0. The highest BCUT2D eigenvalue weighted by Gasteiger charge is 2.17. The van der Waals surface area contributed by atoms with Gasteiger partial charge in [0.05, 0.1) is 6.54 Å². The lowest BCUT2D eigenvalue weighted by Crippen LogP contribution is -2.37. The van der Waals surface area contributed by atoms with E-state index in [9.17, 15) is 4.79 Å². The van der Waals surface area contributed by atoms with Crippen molar-refractivity contribution in [3.05, 3.63) is 22.9 Å². The van der Waals surface area contributed by atoms with Gasteiger partial charge in [-0.1, -0.05) is 0 Å². The van der Waals surface area contributed by atoms with Crippen LogP contribution < -0.4 is 10.6 Å². The normalized spacial score (nSPS) is 10.4. The lowest BCUT2D eigenvalue weighted by Gasteiger charge is -2.26. The largest absolute Gasteiger partial charge is 0.347 e. The number of hydrogen-bond acceptors (Lipinski definition) is 4. The van der Waals surface area contributed by atoms with Crippen LogP contribution in [0.2, 0.25) is 0 Å². The van der Waals surface area contributed by atoms with E-state index in [1.807, 2.05) is 31.7 Å². The molecule has 19 heavy (non-hydrogen) atoms. The standard InChI is InChI=1S/C14H24N4O/c1-6-18(9-13(19)17(4)5)14-12(8-15)10(2)7-11(3)16-14/h7H,6,8-9,15H2,1-5H3. The van der Waals surface area contributed by atoms with Gasteiger partial charge in [-0.05, 0) is 32.4 Å². The fourth-order valence-corrected chi connectivity index (χ4v) is 2.00. The second-order valence-corrected chi connectivity index (χ2v) is 4.89. The summed E-state index contributed by atoms with van der Waals surface area (Å²) < 4.78 is 0. The van der Waals surface area contributed by atoms with Gasteiger partial charge in [0.1, 0.15) is 5.82 Å². The Morgan fingerprint density at radius 2 is 2.00 bits per heavy atom. The minimum absolute atomic E-state index is 0.0609. The summed E-state index contributed by atoms with van der Waals surface area (Å²) in [6, 6.07) is 2.02. The van der Waals surface area contributed by atoms with E-state index in [0.29, 0.717) is 13.1 Å². The molecule has 0 aliphatic heterocycles. The summed E-state index contributed by atoms with van der Waals surface area (Å²) >= 11 is 0. The van der Waals surface area contributed by atoms with Gasteiger partial charge in [0.2, 0.25) is 5.91 Å². The van der Waals surface area contributed by atoms with Gasteiger partial charge in [-0.2, -0.15) is 0 Å². The molecule has 106 valence electrons. The maximum Gasteiger partial charge on any atom is 0.241 e. The summed E-state index contributed by atoms with van der Waals surface area (Å²) in [4.78, 5) is 20.0. The van der Waals surface area contributed by atoms with Crippen molar-refractivity contribution in [1.82, 2.24) is 9.88 Å². The molecule has 1 aromatic heterocycles. The molecule has 1 aromatic rings. The first-order chi connectivity index (χ1) is 8.90. The maximum atomic E-state index is 11.9. The van der Waals surface area contributed by atoms with Crippen LogP contribution in [-0.2, 0) is 11.3 Å². The van der Waals surface area contributed by atoms with Gasteiger partial charge in [0.15, 0.2) is 0 Å². The number of hydrogen-bond donors (Lipinski definition) is 1. The Kier molecular flexibility index (Phi) is 5.30. The molecule has 0 bridgehead atoms. The molecule has 0 saturated heterocycles. The van der Waals surface area contributed by atoms with Crippen molar-refractivity contribution in [2.45, 2.75) is 27.3 Å². The van der Waals surface area contributed by atoms with Crippen molar-refractivity contribution in [3.8, 4) is 0 Å². The van der Waals surface area contributed by atoms with Crippen LogP contribution in [0.25, 0.3) is 0 Å². The summed E-state index contributed by atoms with van der Waals surface area (Å²) in [5.41, 5.74) is 8.91. The van der Waals surface area contributed by atoms with Crippen molar-refractivity contribution < 1.29 is 4.79 Å². The quantitative estimate of drug-likeness (QED) is 0.864. The predicted octanol–water partition coefficient (Wildman–Crippen LogP) is 1.07. The molecular weight excluding hydrogens is 240 g/mol. The van der Waals surface area contributed by atoms with Crippen LogP contribution in [0.4, 0.5) is 5.82 Å². The van der Waals surface area contributed by atoms with Gasteiger partial charge in [-0.15, -0.1) is 0 Å². The van der Waals surface area contributed by atoms with Crippen LogP contribution in [0.15, 0.2) is 6.07 Å². The minimum Gasteiger partial charge on any atom is -0.347 e. The number of aromatic nitrogens is 1. The highest BCUT2D eigenvalue weighted by molar-refractivity contribution is 5.81. The van der Waals surface area contributed by atoms with Crippen molar-refractivity contribution >= 4 is 11.7 Å². The maximum absolute atomic E-state index is 11.9. The van der Waals surface area contributed by atoms with Crippen molar-refractivity contribution in [1.29, 1.82) is 0 Å². The van der Waals surface area contributed by atoms with Crippen molar-refractivity contribution in [3.63, 3.8) is 0 Å². The summed E-state index contributed by atoms with van der Waals surface area (Å²) in [7, 11) is 3.52. The van der Waals surface area contributed by atoms with Crippen LogP contribution in [0.1, 0.15) is 23.7 Å². The van der Waals surface area contributed by atoms with E-state index < -0.39 is 0 Å². The van der Waals surface area contributed by atoms with Crippen LogP contribution >= 0.6 is 0 Å². The molecule has 0 aliphatic rings. The van der Waals surface area contributed by atoms with E-state index in [4.69, 9.17) is 5.73 Å². The third-order valence-electron chi connectivity index (χ3n) is 3.16. The third-order valence-corrected chi connectivity index (χ3v) is 3.16. The Hall–Kier alpha value is -1.62. The molecule has 0 aromatic carbocycles. The van der Waals surface area contributed by atoms with E-state index >= 15 is 0 Å². The second-order valence-electron chi connectivity index (χ2n) is 4.89. The molecule has 5 heteroatoms. The van der Waals surface area contributed by atoms with Crippen LogP contribution in [-0.4, -0.2) is 43.0 Å². The molecule has 0 unspecified atom stereocenters. The van der Waals surface area contributed by atoms with Crippen LogP contribution in [0.5, 0.6) is 0 Å². The lowest BCUT2D eigenvalue weighted by molar-refractivity contribution is -0.127. The number of nitrogens with zero attached hydrogens (tertiary/aromatic N) is 3. The molecule has 0 atom stereocenters. The van der Waals surface area contributed by atoms with E-state index in [1.54, 1.807) is 19.0 Å². The molecule has 0 radical (unpaired) electrons. The van der Waals surface area contributed by atoms with Crippen LogP contribution in [0.3, 0.4) is 0 Å². The average molecular weight is 264 g/mol. The van der Waals surface area contributed by atoms with Gasteiger partial charge in [-0.25, -0.2) is 4.98 Å².